The summed E-state index contributed by atoms with van der Waals surface area (Å²) in [5.74, 6) is 0. The van der Waals surface area contributed by atoms with Crippen molar-refractivity contribution < 1.29 is 0 Å². The molecule has 2 aromatic heterocycles. The quantitative estimate of drug-likeness (QED) is 0.0866. The van der Waals surface area contributed by atoms with E-state index >= 15 is 0 Å². The lowest BCUT2D eigenvalue weighted by molar-refractivity contribution is 0.769. The summed E-state index contributed by atoms with van der Waals surface area (Å²) in [4.78, 5) is 10.6. The van der Waals surface area contributed by atoms with Gasteiger partial charge in [0.15, 0.2) is 0 Å². The van der Waals surface area contributed by atoms with E-state index in [-0.39, 0.29) is 0 Å². The molecule has 0 spiro atoms. The van der Waals surface area contributed by atoms with Crippen LogP contribution in [0.1, 0.15) is 41.8 Å². The SMILES string of the molecule is C=C(/C=c1/cc(-c2ccc3c(c2)C(c2ccccc2)(c2ccccc2)c2ccccc2-3)ccc1=C)/C(C)=C\C(=C/C)c1ccc2ccc3c(-c4ccccc4)c4ccccc4nc3c2n1. The fourth-order valence-corrected chi connectivity index (χ4v) is 10.1. The Morgan fingerprint density at radius 2 is 1.17 bits per heavy atom. The van der Waals surface area contributed by atoms with Gasteiger partial charge in [-0.05, 0) is 127 Å². The van der Waals surface area contributed by atoms with Crippen LogP contribution >= 0.6 is 0 Å². The second kappa shape index (κ2) is 16.2. The van der Waals surface area contributed by atoms with Crippen LogP contribution in [0.4, 0.5) is 0 Å². The number of aromatic nitrogens is 2. The normalized spacial score (nSPS) is 13.6. The Labute approximate surface area is 380 Å². The number of allylic oxidation sites excluding steroid dienone is 5. The monoisotopic (exact) mass is 830 g/mol. The van der Waals surface area contributed by atoms with Crippen LogP contribution in [0.25, 0.3) is 84.3 Å². The molecule has 308 valence electrons. The van der Waals surface area contributed by atoms with E-state index in [1.807, 2.05) is 0 Å². The maximum absolute atomic E-state index is 5.33. The molecule has 0 saturated carbocycles. The van der Waals surface area contributed by atoms with Gasteiger partial charge >= 0.3 is 0 Å². The zero-order valence-corrected chi connectivity index (χ0v) is 36.6. The number of fused-ring (bicyclic) bond motifs is 7. The molecule has 10 aromatic rings. The smallest absolute Gasteiger partial charge is 0.0978 e. The first-order chi connectivity index (χ1) is 31.9. The van der Waals surface area contributed by atoms with E-state index in [9.17, 15) is 0 Å². The molecule has 65 heavy (non-hydrogen) atoms. The van der Waals surface area contributed by atoms with E-state index in [1.54, 1.807) is 0 Å². The molecular weight excluding hydrogens is 785 g/mol. The molecule has 0 unspecified atom stereocenters. The van der Waals surface area contributed by atoms with Crippen LogP contribution < -0.4 is 10.4 Å². The van der Waals surface area contributed by atoms with E-state index < -0.39 is 5.41 Å². The Morgan fingerprint density at radius 1 is 0.538 bits per heavy atom. The van der Waals surface area contributed by atoms with Gasteiger partial charge in [-0.25, -0.2) is 9.97 Å². The Balaban J connectivity index is 0.966. The maximum Gasteiger partial charge on any atom is 0.0978 e. The molecule has 1 aliphatic rings. The predicted molar refractivity (Wildman–Crippen MR) is 275 cm³/mol. The van der Waals surface area contributed by atoms with Crippen molar-refractivity contribution in [2.45, 2.75) is 19.3 Å². The number of pyridine rings is 2. The minimum absolute atomic E-state index is 0.463. The van der Waals surface area contributed by atoms with Crippen molar-refractivity contribution >= 4 is 50.9 Å². The van der Waals surface area contributed by atoms with Gasteiger partial charge in [-0.1, -0.05) is 195 Å². The zero-order chi connectivity index (χ0) is 44.1. The highest BCUT2D eigenvalue weighted by atomic mass is 14.8. The van der Waals surface area contributed by atoms with Crippen molar-refractivity contribution in [3.05, 3.63) is 268 Å². The highest BCUT2D eigenvalue weighted by Gasteiger charge is 2.46. The summed E-state index contributed by atoms with van der Waals surface area (Å²) in [6.07, 6.45) is 6.47. The van der Waals surface area contributed by atoms with E-state index in [0.717, 1.165) is 82.2 Å². The molecule has 0 aliphatic heterocycles. The summed E-state index contributed by atoms with van der Waals surface area (Å²) in [6, 6.07) is 72.0. The van der Waals surface area contributed by atoms with Crippen LogP contribution in [0.15, 0.2) is 230 Å². The first-order valence-corrected chi connectivity index (χ1v) is 22.3. The molecule has 0 radical (unpaired) electrons. The van der Waals surface area contributed by atoms with Gasteiger partial charge in [0.05, 0.1) is 27.7 Å². The van der Waals surface area contributed by atoms with Gasteiger partial charge < -0.3 is 0 Å². The first-order valence-electron chi connectivity index (χ1n) is 22.3. The number of nitrogens with zero attached hydrogens (tertiary/aromatic N) is 2. The van der Waals surface area contributed by atoms with Gasteiger partial charge in [0.2, 0.25) is 0 Å². The van der Waals surface area contributed by atoms with Crippen LogP contribution in [-0.4, -0.2) is 9.97 Å². The third-order valence-electron chi connectivity index (χ3n) is 13.3. The highest BCUT2D eigenvalue weighted by molar-refractivity contribution is 6.16. The lowest BCUT2D eigenvalue weighted by Gasteiger charge is -2.34. The van der Waals surface area contributed by atoms with Crippen molar-refractivity contribution in [3.8, 4) is 33.4 Å². The minimum atomic E-state index is -0.463. The summed E-state index contributed by atoms with van der Waals surface area (Å²) in [5.41, 5.74) is 18.4. The van der Waals surface area contributed by atoms with Crippen LogP contribution in [0.3, 0.4) is 0 Å². The molecule has 2 heterocycles. The van der Waals surface area contributed by atoms with Crippen LogP contribution in [-0.2, 0) is 5.41 Å². The van der Waals surface area contributed by atoms with Gasteiger partial charge in [0.25, 0.3) is 0 Å². The van der Waals surface area contributed by atoms with Crippen LogP contribution in [0.5, 0.6) is 0 Å². The molecule has 0 fully saturated rings. The Hall–Kier alpha value is -8.20. The molecular formula is C63H46N2. The lowest BCUT2D eigenvalue weighted by atomic mass is 9.67. The second-order valence-electron chi connectivity index (χ2n) is 17.0. The Morgan fingerprint density at radius 3 is 1.92 bits per heavy atom. The summed E-state index contributed by atoms with van der Waals surface area (Å²) < 4.78 is 0. The largest absolute Gasteiger partial charge is 0.246 e. The number of hydrogen-bond donors (Lipinski definition) is 0. The molecule has 2 heteroatoms. The molecule has 0 bridgehead atoms. The number of hydrogen-bond acceptors (Lipinski definition) is 2. The van der Waals surface area contributed by atoms with Crippen molar-refractivity contribution in [2.24, 2.45) is 0 Å². The van der Waals surface area contributed by atoms with Crippen molar-refractivity contribution in [1.82, 2.24) is 9.97 Å². The molecule has 0 atom stereocenters. The molecule has 11 rings (SSSR count). The molecule has 2 nitrogen and oxygen atoms in total. The zero-order valence-electron chi connectivity index (χ0n) is 36.6. The minimum Gasteiger partial charge on any atom is -0.246 e. The highest BCUT2D eigenvalue weighted by Crippen LogP contribution is 2.56. The number of rotatable bonds is 8. The third kappa shape index (κ3) is 6.65. The van der Waals surface area contributed by atoms with E-state index in [0.29, 0.717) is 0 Å². The molecule has 8 aromatic carbocycles. The van der Waals surface area contributed by atoms with Gasteiger partial charge in [-0.2, -0.15) is 0 Å². The Bertz CT molecular complexity index is 3650. The summed E-state index contributed by atoms with van der Waals surface area (Å²) in [5, 5.41) is 5.26. The standard InChI is InChI=1S/C63H46N2/c1-5-44(58-36-33-46-31-35-55-60(45-19-9-6-10-20-45)54-26-16-18-28-59(54)65-62(55)61(46)64-58)37-42(3)43(4)38-49-39-47(30-29-41(49)2)48-32-34-53-52-25-15-17-27-56(52)63(57(53)40-48,50-21-11-7-12-22-50)51-23-13-8-14-24-51/h5-40H,2,4H2,1,3H3/b42-37-,44-5+,49-38-. The third-order valence-corrected chi connectivity index (χ3v) is 13.3. The molecule has 0 saturated heterocycles. The molecule has 0 amide bonds. The predicted octanol–water partition coefficient (Wildman–Crippen LogP) is 14.4. The average Bonchev–Trinajstić information content (AvgIpc) is 3.66. The van der Waals surface area contributed by atoms with E-state index in [4.69, 9.17) is 9.97 Å². The van der Waals surface area contributed by atoms with Crippen molar-refractivity contribution in [3.63, 3.8) is 0 Å². The average molecular weight is 831 g/mol. The maximum atomic E-state index is 5.33. The van der Waals surface area contributed by atoms with Gasteiger partial charge in [0, 0.05) is 21.7 Å². The summed E-state index contributed by atoms with van der Waals surface area (Å²) >= 11 is 0. The van der Waals surface area contributed by atoms with Crippen molar-refractivity contribution in [1.29, 1.82) is 0 Å². The first kappa shape index (κ1) is 39.6. The topological polar surface area (TPSA) is 25.8 Å². The van der Waals surface area contributed by atoms with Gasteiger partial charge in [0.1, 0.15) is 0 Å². The molecule has 1 aliphatic carbocycles. The number of para-hydroxylation sites is 1. The molecule has 0 N–H and O–H groups in total. The van der Waals surface area contributed by atoms with Crippen molar-refractivity contribution in [2.75, 3.05) is 0 Å². The van der Waals surface area contributed by atoms with E-state index in [2.05, 4.69) is 245 Å². The van der Waals surface area contributed by atoms with Gasteiger partial charge in [-0.15, -0.1) is 0 Å². The fraction of sp³-hybridized carbons (Fsp3) is 0.0476. The fourth-order valence-electron chi connectivity index (χ4n) is 10.1. The summed E-state index contributed by atoms with van der Waals surface area (Å²) in [7, 11) is 0. The van der Waals surface area contributed by atoms with Gasteiger partial charge in [-0.3, -0.25) is 0 Å². The second-order valence-corrected chi connectivity index (χ2v) is 17.0. The Kier molecular flexibility index (Phi) is 9.86. The van der Waals surface area contributed by atoms with Crippen LogP contribution in [0, 0.1) is 0 Å². The number of benzene rings is 8. The van der Waals surface area contributed by atoms with E-state index in [1.165, 1.54) is 38.9 Å². The lowest BCUT2D eigenvalue weighted by Crippen LogP contribution is -2.28. The van der Waals surface area contributed by atoms with Crippen LogP contribution in [0.2, 0.25) is 0 Å². The summed E-state index contributed by atoms with van der Waals surface area (Å²) in [6.45, 7) is 13.2.